The van der Waals surface area contributed by atoms with Crippen LogP contribution in [0.5, 0.6) is 11.5 Å². The van der Waals surface area contributed by atoms with Gasteiger partial charge in [0.25, 0.3) is 0 Å². The first-order valence-corrected chi connectivity index (χ1v) is 16.8. The number of imidazole rings is 1. The molecule has 0 N–H and O–H groups in total. The van der Waals surface area contributed by atoms with Gasteiger partial charge in [0.05, 0.1) is 24.6 Å². The maximum Gasteiger partial charge on any atom is 0.119 e. The molecule has 1 heterocycles. The van der Waals surface area contributed by atoms with E-state index in [1.54, 1.807) is 0 Å². The van der Waals surface area contributed by atoms with Crippen LogP contribution in [0.1, 0.15) is 71.0 Å². The van der Waals surface area contributed by atoms with E-state index >= 15 is 0 Å². The molecule has 1 aromatic heterocycles. The first-order valence-electron chi connectivity index (χ1n) is 16.5. The zero-order valence-electron chi connectivity index (χ0n) is 27.3. The molecule has 236 valence electrons. The molecule has 0 spiro atoms. The zero-order valence-corrected chi connectivity index (χ0v) is 28.1. The number of hydrogen-bond acceptors (Lipinski definition) is 4. The minimum Gasteiger partial charge on any atom is -0.494 e. The third kappa shape index (κ3) is 9.61. The normalized spacial score (nSPS) is 11.5. The Hall–Kier alpha value is -3.28. The summed E-state index contributed by atoms with van der Waals surface area (Å²) in [5, 5.41) is 0.755. The Kier molecular flexibility index (Phi) is 13.2. The highest BCUT2D eigenvalue weighted by molar-refractivity contribution is 6.30. The van der Waals surface area contributed by atoms with Crippen molar-refractivity contribution < 1.29 is 9.47 Å². The molecule has 0 aliphatic rings. The third-order valence-electron chi connectivity index (χ3n) is 7.98. The summed E-state index contributed by atoms with van der Waals surface area (Å²) < 4.78 is 14.6. The van der Waals surface area contributed by atoms with Crippen LogP contribution in [0.3, 0.4) is 0 Å². The fourth-order valence-corrected chi connectivity index (χ4v) is 5.60. The predicted octanol–water partition coefficient (Wildman–Crippen LogP) is 9.47. The lowest BCUT2D eigenvalue weighted by Crippen LogP contribution is -2.25. The quantitative estimate of drug-likeness (QED) is 0.105. The van der Waals surface area contributed by atoms with Gasteiger partial charge in [-0.25, -0.2) is 4.98 Å². The number of rotatable bonds is 18. The van der Waals surface area contributed by atoms with Gasteiger partial charge in [0.1, 0.15) is 17.3 Å². The third-order valence-corrected chi connectivity index (χ3v) is 8.23. The monoisotopic (exact) mass is 615 g/mol. The number of nitrogens with zero attached hydrogens (tertiary/aromatic N) is 3. The van der Waals surface area contributed by atoms with Crippen molar-refractivity contribution in [1.29, 1.82) is 0 Å². The minimum atomic E-state index is 0.493. The second-order valence-electron chi connectivity index (χ2n) is 11.8. The van der Waals surface area contributed by atoms with E-state index in [1.807, 2.05) is 24.3 Å². The van der Waals surface area contributed by atoms with Crippen LogP contribution in [0.25, 0.3) is 16.9 Å². The smallest absolute Gasteiger partial charge is 0.119 e. The number of hydrogen-bond donors (Lipinski definition) is 0. The first-order chi connectivity index (χ1) is 21.4. The molecule has 0 saturated carbocycles. The summed E-state index contributed by atoms with van der Waals surface area (Å²) in [6.45, 7) is 15.8. The van der Waals surface area contributed by atoms with E-state index in [0.29, 0.717) is 12.5 Å². The fourth-order valence-electron chi connectivity index (χ4n) is 5.47. The van der Waals surface area contributed by atoms with Crippen LogP contribution in [0.2, 0.25) is 5.02 Å². The van der Waals surface area contributed by atoms with Gasteiger partial charge in [-0.2, -0.15) is 0 Å². The van der Waals surface area contributed by atoms with Gasteiger partial charge in [-0.3, -0.25) is 0 Å². The van der Waals surface area contributed by atoms with Gasteiger partial charge in [-0.05, 0) is 104 Å². The molecule has 44 heavy (non-hydrogen) atoms. The number of benzene rings is 3. The van der Waals surface area contributed by atoms with Crippen molar-refractivity contribution in [3.8, 4) is 28.4 Å². The van der Waals surface area contributed by atoms with E-state index in [4.69, 9.17) is 26.1 Å². The second kappa shape index (κ2) is 17.3. The molecule has 4 rings (SSSR count). The van der Waals surface area contributed by atoms with Crippen molar-refractivity contribution in [3.05, 3.63) is 94.9 Å². The average Bonchev–Trinajstić information content (AvgIpc) is 3.38. The van der Waals surface area contributed by atoms with Gasteiger partial charge >= 0.3 is 0 Å². The van der Waals surface area contributed by atoms with Crippen LogP contribution in [0.15, 0.2) is 72.8 Å². The number of unbranched alkanes of at least 4 members (excludes halogenated alkanes) is 1. The van der Waals surface area contributed by atoms with E-state index in [2.05, 4.69) is 92.6 Å². The van der Waals surface area contributed by atoms with Gasteiger partial charge in [0.2, 0.25) is 0 Å². The Bertz CT molecular complexity index is 1390. The Morgan fingerprint density at radius 2 is 1.41 bits per heavy atom. The highest BCUT2D eigenvalue weighted by atomic mass is 35.5. The standard InChI is InChI=1S/C38H50ClN3O2/c1-6-9-11-36-38(31-14-20-34(21-15-31)44-27-24-30-12-16-32(39)17-13-30)40-37(28-29(4)5)42(36)33-18-22-35(23-19-33)43-26-10-25-41(7-2)8-3/h12-23,29H,6-11,24-28H2,1-5H3. The van der Waals surface area contributed by atoms with Gasteiger partial charge in [-0.15, -0.1) is 0 Å². The van der Waals surface area contributed by atoms with Crippen LogP contribution < -0.4 is 9.47 Å². The van der Waals surface area contributed by atoms with E-state index < -0.39 is 0 Å². The van der Waals surface area contributed by atoms with Crippen molar-refractivity contribution in [3.63, 3.8) is 0 Å². The lowest BCUT2D eigenvalue weighted by atomic mass is 10.1. The number of halogens is 1. The van der Waals surface area contributed by atoms with Crippen LogP contribution in [-0.2, 0) is 19.3 Å². The van der Waals surface area contributed by atoms with Crippen molar-refractivity contribution in [2.24, 2.45) is 5.92 Å². The van der Waals surface area contributed by atoms with Crippen molar-refractivity contribution in [1.82, 2.24) is 14.5 Å². The zero-order chi connectivity index (χ0) is 31.3. The lowest BCUT2D eigenvalue weighted by Gasteiger charge is -2.18. The fraction of sp³-hybridized carbons (Fsp3) is 0.447. The summed E-state index contributed by atoms with van der Waals surface area (Å²) >= 11 is 6.02. The molecule has 4 aromatic rings. The van der Waals surface area contributed by atoms with E-state index in [1.165, 1.54) is 11.3 Å². The van der Waals surface area contributed by atoms with Crippen LogP contribution >= 0.6 is 11.6 Å². The van der Waals surface area contributed by atoms with Crippen LogP contribution in [0.4, 0.5) is 0 Å². The molecule has 0 fully saturated rings. The average molecular weight is 616 g/mol. The molecule has 0 atom stereocenters. The molecular formula is C38H50ClN3O2. The van der Waals surface area contributed by atoms with E-state index in [0.717, 1.165) is 104 Å². The molecule has 3 aromatic carbocycles. The maximum atomic E-state index is 6.10. The molecule has 0 amide bonds. The molecule has 0 bridgehead atoms. The summed E-state index contributed by atoms with van der Waals surface area (Å²) in [5.41, 5.74) is 5.82. The SMILES string of the molecule is CCCCc1c(-c2ccc(OCCc3ccc(Cl)cc3)cc2)nc(CC(C)C)n1-c1ccc(OCCCN(CC)CC)cc1. The molecule has 5 nitrogen and oxygen atoms in total. The maximum absolute atomic E-state index is 6.10. The highest BCUT2D eigenvalue weighted by Gasteiger charge is 2.20. The Morgan fingerprint density at radius 1 is 0.773 bits per heavy atom. The Balaban J connectivity index is 1.52. The molecule has 0 radical (unpaired) electrons. The number of aromatic nitrogens is 2. The topological polar surface area (TPSA) is 39.5 Å². The van der Waals surface area contributed by atoms with E-state index in [-0.39, 0.29) is 0 Å². The molecule has 0 saturated heterocycles. The summed E-state index contributed by atoms with van der Waals surface area (Å²) in [7, 11) is 0. The minimum absolute atomic E-state index is 0.493. The molecular weight excluding hydrogens is 566 g/mol. The van der Waals surface area contributed by atoms with Gasteiger partial charge < -0.3 is 18.9 Å². The van der Waals surface area contributed by atoms with E-state index in [9.17, 15) is 0 Å². The molecule has 0 aliphatic carbocycles. The highest BCUT2D eigenvalue weighted by Crippen LogP contribution is 2.31. The van der Waals surface area contributed by atoms with Crippen LogP contribution in [-0.4, -0.2) is 47.3 Å². The van der Waals surface area contributed by atoms with Gasteiger partial charge in [0.15, 0.2) is 0 Å². The van der Waals surface area contributed by atoms with Crippen LogP contribution in [0, 0.1) is 5.92 Å². The second-order valence-corrected chi connectivity index (χ2v) is 12.3. The summed E-state index contributed by atoms with van der Waals surface area (Å²) in [6.07, 6.45) is 5.99. The first kappa shape index (κ1) is 33.6. The molecule has 0 aliphatic heterocycles. The van der Waals surface area contributed by atoms with Gasteiger partial charge in [-0.1, -0.05) is 64.8 Å². The van der Waals surface area contributed by atoms with Crippen molar-refractivity contribution in [2.45, 2.75) is 73.1 Å². The Labute approximate surface area is 270 Å². The lowest BCUT2D eigenvalue weighted by molar-refractivity contribution is 0.249. The number of ether oxygens (including phenoxy) is 2. The summed E-state index contributed by atoms with van der Waals surface area (Å²) in [5.74, 6) is 3.39. The van der Waals surface area contributed by atoms with Crippen molar-refractivity contribution >= 4 is 11.6 Å². The largest absolute Gasteiger partial charge is 0.494 e. The van der Waals surface area contributed by atoms with Crippen molar-refractivity contribution in [2.75, 3.05) is 32.8 Å². The summed E-state index contributed by atoms with van der Waals surface area (Å²) in [4.78, 5) is 7.71. The molecule has 6 heteroatoms. The predicted molar refractivity (Wildman–Crippen MR) is 185 cm³/mol. The molecule has 0 unspecified atom stereocenters. The Morgan fingerprint density at radius 3 is 2.02 bits per heavy atom. The van der Waals surface area contributed by atoms with Gasteiger partial charge in [0, 0.05) is 35.7 Å². The summed E-state index contributed by atoms with van der Waals surface area (Å²) in [6, 6.07) is 24.9.